The molecule has 0 N–H and O–H groups in total. The molecule has 0 fully saturated rings. The van der Waals surface area contributed by atoms with Crippen LogP contribution in [0, 0.1) is 0 Å². The number of hydrogen-bond donors (Lipinski definition) is 0. The van der Waals surface area contributed by atoms with E-state index in [0.29, 0.717) is 0 Å². The Morgan fingerprint density at radius 3 is 1.91 bits per heavy atom. The van der Waals surface area contributed by atoms with Crippen LogP contribution in [0.25, 0.3) is 121 Å². The van der Waals surface area contributed by atoms with Crippen LogP contribution in [0.5, 0.6) is 0 Å². The zero-order valence-corrected chi connectivity index (χ0v) is 28.5. The predicted octanol–water partition coefficient (Wildman–Crippen LogP) is 13.7. The molecule has 0 atom stereocenters. The van der Waals surface area contributed by atoms with Crippen LogP contribution in [0.2, 0.25) is 0 Å². The van der Waals surface area contributed by atoms with E-state index in [1.54, 1.807) is 0 Å². The van der Waals surface area contributed by atoms with Crippen molar-refractivity contribution in [1.82, 2.24) is 9.13 Å². The van der Waals surface area contributed by atoms with Gasteiger partial charge in [-0.15, -0.1) is 0 Å². The molecule has 3 nitrogen and oxygen atoms in total. The largest absolute Gasteiger partial charge is 0.456 e. The van der Waals surface area contributed by atoms with Gasteiger partial charge < -0.3 is 13.6 Å². The van der Waals surface area contributed by atoms with Crippen LogP contribution in [0.15, 0.2) is 174 Å². The molecule has 1 aliphatic carbocycles. The molecular formula is C50H28N2O. The van der Waals surface area contributed by atoms with Gasteiger partial charge in [-0.2, -0.15) is 0 Å². The summed E-state index contributed by atoms with van der Waals surface area (Å²) in [4.78, 5) is 0. The summed E-state index contributed by atoms with van der Waals surface area (Å²) in [6.45, 7) is 0. The summed E-state index contributed by atoms with van der Waals surface area (Å²) >= 11 is 0. The molecule has 3 heteroatoms. The van der Waals surface area contributed by atoms with Crippen LogP contribution in [0.4, 0.5) is 0 Å². The van der Waals surface area contributed by atoms with E-state index < -0.39 is 0 Å². The maximum Gasteiger partial charge on any atom is 0.137 e. The van der Waals surface area contributed by atoms with Crippen molar-refractivity contribution in [3.05, 3.63) is 170 Å². The molecule has 3 aromatic heterocycles. The predicted molar refractivity (Wildman–Crippen MR) is 222 cm³/mol. The van der Waals surface area contributed by atoms with Crippen LogP contribution in [0.1, 0.15) is 0 Å². The van der Waals surface area contributed by atoms with E-state index in [9.17, 15) is 0 Å². The molecule has 3 heterocycles. The Morgan fingerprint density at radius 2 is 1.00 bits per heavy atom. The van der Waals surface area contributed by atoms with Crippen molar-refractivity contribution < 1.29 is 4.42 Å². The Hall–Kier alpha value is -7.10. The standard InChI is InChI=1S/C50H28N2O/c1-2-14-32-29(11-1)12-10-21-41(32)52-49-36(37-24-26-45-48(50(37)52)39-18-6-8-22-44(39)53-45)23-25-43-47(49)38-17-5-7-20-42(38)51(43)31-27-30-13-9-19-35-33-15-3-4-16-34(33)40(28-31)46(30)35/h1-28H. The van der Waals surface area contributed by atoms with Gasteiger partial charge in [-0.3, -0.25) is 0 Å². The first-order valence-corrected chi connectivity index (χ1v) is 18.3. The summed E-state index contributed by atoms with van der Waals surface area (Å²) in [5.41, 5.74) is 14.1. The number of fused-ring (bicyclic) bond motifs is 15. The lowest BCUT2D eigenvalue weighted by molar-refractivity contribution is 0.669. The summed E-state index contributed by atoms with van der Waals surface area (Å²) in [5, 5.41) is 12.2. The third-order valence-corrected chi connectivity index (χ3v) is 11.8. The Labute approximate surface area is 303 Å². The lowest BCUT2D eigenvalue weighted by atomic mass is 10.0. The van der Waals surface area contributed by atoms with E-state index in [2.05, 4.69) is 179 Å². The van der Waals surface area contributed by atoms with Crippen molar-refractivity contribution in [2.45, 2.75) is 0 Å². The summed E-state index contributed by atoms with van der Waals surface area (Å²) in [6, 6.07) is 62.3. The average Bonchev–Trinajstić information content (AvgIpc) is 3.95. The molecule has 1 aliphatic rings. The van der Waals surface area contributed by atoms with Gasteiger partial charge in [0.2, 0.25) is 0 Å². The molecule has 13 rings (SSSR count). The Bertz CT molecular complexity index is 3570. The van der Waals surface area contributed by atoms with E-state index in [-0.39, 0.29) is 0 Å². The molecule has 0 bridgehead atoms. The van der Waals surface area contributed by atoms with Crippen molar-refractivity contribution in [2.75, 3.05) is 0 Å². The topological polar surface area (TPSA) is 23.0 Å². The fourth-order valence-corrected chi connectivity index (χ4v) is 9.71. The maximum absolute atomic E-state index is 6.52. The Balaban J connectivity index is 1.24. The first-order valence-electron chi connectivity index (χ1n) is 18.3. The fourth-order valence-electron chi connectivity index (χ4n) is 9.71. The van der Waals surface area contributed by atoms with E-state index in [1.807, 2.05) is 0 Å². The summed E-state index contributed by atoms with van der Waals surface area (Å²) < 4.78 is 11.6. The number of furan rings is 1. The van der Waals surface area contributed by atoms with Crippen LogP contribution in [-0.2, 0) is 0 Å². The minimum Gasteiger partial charge on any atom is -0.456 e. The smallest absolute Gasteiger partial charge is 0.137 e. The zero-order chi connectivity index (χ0) is 34.4. The molecule has 9 aromatic carbocycles. The summed E-state index contributed by atoms with van der Waals surface area (Å²) in [5.74, 6) is 0. The van der Waals surface area contributed by atoms with Gasteiger partial charge in [0.1, 0.15) is 11.2 Å². The number of rotatable bonds is 2. The molecule has 0 unspecified atom stereocenters. The van der Waals surface area contributed by atoms with Gasteiger partial charge in [-0.1, -0.05) is 121 Å². The highest BCUT2D eigenvalue weighted by atomic mass is 16.3. The number of para-hydroxylation sites is 2. The molecule has 0 saturated carbocycles. The third kappa shape index (κ3) is 3.44. The van der Waals surface area contributed by atoms with E-state index in [1.165, 1.54) is 93.1 Å². The summed E-state index contributed by atoms with van der Waals surface area (Å²) in [6.07, 6.45) is 0. The van der Waals surface area contributed by atoms with Crippen molar-refractivity contribution in [2.24, 2.45) is 0 Å². The van der Waals surface area contributed by atoms with Gasteiger partial charge in [0, 0.05) is 38.0 Å². The van der Waals surface area contributed by atoms with Crippen molar-refractivity contribution in [1.29, 1.82) is 0 Å². The van der Waals surface area contributed by atoms with Gasteiger partial charge in [0.25, 0.3) is 0 Å². The maximum atomic E-state index is 6.52. The molecule has 0 saturated heterocycles. The van der Waals surface area contributed by atoms with Crippen LogP contribution in [-0.4, -0.2) is 9.13 Å². The molecule has 0 spiro atoms. The minimum atomic E-state index is 0.899. The average molecular weight is 673 g/mol. The lowest BCUT2D eigenvalue weighted by Crippen LogP contribution is -1.97. The first-order chi connectivity index (χ1) is 26.3. The Morgan fingerprint density at radius 1 is 0.340 bits per heavy atom. The summed E-state index contributed by atoms with van der Waals surface area (Å²) in [7, 11) is 0. The number of aromatic nitrogens is 2. The highest BCUT2D eigenvalue weighted by Gasteiger charge is 2.26. The number of benzene rings is 9. The van der Waals surface area contributed by atoms with Crippen molar-refractivity contribution in [3.63, 3.8) is 0 Å². The normalized spacial score (nSPS) is 12.5. The molecule has 0 radical (unpaired) electrons. The zero-order valence-electron chi connectivity index (χ0n) is 28.5. The Kier molecular flexibility index (Phi) is 5.11. The third-order valence-electron chi connectivity index (χ3n) is 11.8. The molecule has 0 aliphatic heterocycles. The number of hydrogen-bond acceptors (Lipinski definition) is 1. The SMILES string of the molecule is c1ccc2c(c1)-c1cccc3cc(-n4c5ccccc5c5c4ccc4c6ccc7oc8ccccc8c7c6n(-c6cccc7ccccc67)c45)cc-2c13. The van der Waals surface area contributed by atoms with Gasteiger partial charge in [0.15, 0.2) is 0 Å². The molecular weight excluding hydrogens is 645 g/mol. The van der Waals surface area contributed by atoms with Crippen LogP contribution < -0.4 is 0 Å². The van der Waals surface area contributed by atoms with E-state index in [0.717, 1.165) is 27.6 Å². The molecule has 244 valence electrons. The molecule has 12 aromatic rings. The van der Waals surface area contributed by atoms with Crippen LogP contribution >= 0.6 is 0 Å². The monoisotopic (exact) mass is 672 g/mol. The second-order valence-electron chi connectivity index (χ2n) is 14.4. The second-order valence-corrected chi connectivity index (χ2v) is 14.4. The molecule has 53 heavy (non-hydrogen) atoms. The molecule has 0 amide bonds. The van der Waals surface area contributed by atoms with Gasteiger partial charge in [-0.05, 0) is 86.9 Å². The van der Waals surface area contributed by atoms with Crippen molar-refractivity contribution >= 4 is 87.1 Å². The minimum absolute atomic E-state index is 0.899. The fraction of sp³-hybridized carbons (Fsp3) is 0. The first kappa shape index (κ1) is 27.6. The van der Waals surface area contributed by atoms with Gasteiger partial charge >= 0.3 is 0 Å². The highest BCUT2D eigenvalue weighted by Crippen LogP contribution is 2.50. The lowest BCUT2D eigenvalue weighted by Gasteiger charge is -2.14. The van der Waals surface area contributed by atoms with Gasteiger partial charge in [-0.25, -0.2) is 0 Å². The second kappa shape index (κ2) is 9.81. The quantitative estimate of drug-likeness (QED) is 0.179. The van der Waals surface area contributed by atoms with E-state index >= 15 is 0 Å². The van der Waals surface area contributed by atoms with Gasteiger partial charge in [0.05, 0.1) is 33.1 Å². The van der Waals surface area contributed by atoms with Crippen molar-refractivity contribution in [3.8, 4) is 33.6 Å². The highest BCUT2D eigenvalue weighted by molar-refractivity contribution is 6.31. The number of nitrogens with zero attached hydrogens (tertiary/aromatic N) is 2. The van der Waals surface area contributed by atoms with E-state index in [4.69, 9.17) is 4.42 Å². The van der Waals surface area contributed by atoms with Crippen LogP contribution in [0.3, 0.4) is 0 Å².